The van der Waals surface area contributed by atoms with Gasteiger partial charge in [0.15, 0.2) is 29.6 Å². The zero-order valence-electron chi connectivity index (χ0n) is 19.1. The molecule has 1 N–H and O–H groups in total. The highest BCUT2D eigenvalue weighted by molar-refractivity contribution is 6.01. The Morgan fingerprint density at radius 3 is 2.81 bits per heavy atom. The predicted molar refractivity (Wildman–Crippen MR) is 116 cm³/mol. The van der Waals surface area contributed by atoms with E-state index in [2.05, 4.69) is 0 Å². The molecular formula is C26H33FO5. The summed E-state index contributed by atoms with van der Waals surface area (Å²) in [6.07, 6.45) is 10.5. The van der Waals surface area contributed by atoms with Gasteiger partial charge in [-0.05, 0) is 64.0 Å². The Labute approximate surface area is 188 Å². The standard InChI is InChI=1S/C26H33FO5/c1-4-5-6-7-22-31-21-13-19-18-9-8-16-12-17(29)10-11-23(16,2)26(18,27)20(30)14-24(19,3)25(21,15-28)32-22/h4-5,10-12,15,18-22,30H,6-9,13-14H2,1-3H3/b5-4+/t18?,19?,20-,21+,22?,23-,24-,25+,26-/m0/s1. The summed E-state index contributed by atoms with van der Waals surface area (Å²) in [5, 5.41) is 11.4. The van der Waals surface area contributed by atoms with Crippen LogP contribution in [0.5, 0.6) is 0 Å². The van der Waals surface area contributed by atoms with Gasteiger partial charge in [-0.1, -0.05) is 30.7 Å². The minimum atomic E-state index is -1.91. The Bertz CT molecular complexity index is 925. The number of hydrogen-bond acceptors (Lipinski definition) is 5. The number of alkyl halides is 1. The molecule has 0 amide bonds. The number of carbonyl (C=O) groups excluding carboxylic acids is 2. The van der Waals surface area contributed by atoms with Crippen LogP contribution in [0.1, 0.15) is 59.3 Å². The van der Waals surface area contributed by atoms with Crippen molar-refractivity contribution >= 4 is 12.1 Å². The van der Waals surface area contributed by atoms with Crippen molar-refractivity contribution in [1.82, 2.24) is 0 Å². The van der Waals surface area contributed by atoms with E-state index in [1.165, 1.54) is 12.2 Å². The van der Waals surface area contributed by atoms with E-state index >= 15 is 4.39 Å². The largest absolute Gasteiger partial charge is 0.390 e. The first-order valence-corrected chi connectivity index (χ1v) is 11.9. The summed E-state index contributed by atoms with van der Waals surface area (Å²) in [6.45, 7) is 5.73. The summed E-state index contributed by atoms with van der Waals surface area (Å²) in [4.78, 5) is 24.5. The van der Waals surface area contributed by atoms with Crippen LogP contribution in [0.2, 0.25) is 0 Å². The average Bonchev–Trinajstić information content (AvgIpc) is 3.22. The van der Waals surface area contributed by atoms with E-state index in [-0.39, 0.29) is 18.1 Å². The zero-order valence-corrected chi connectivity index (χ0v) is 19.1. The number of aliphatic hydroxyl groups excluding tert-OH is 1. The molecule has 5 rings (SSSR count). The van der Waals surface area contributed by atoms with Crippen molar-refractivity contribution in [1.29, 1.82) is 0 Å². The van der Waals surface area contributed by atoms with E-state index in [4.69, 9.17) is 9.47 Å². The summed E-state index contributed by atoms with van der Waals surface area (Å²) in [6, 6.07) is 0. The van der Waals surface area contributed by atoms with Crippen LogP contribution in [0, 0.1) is 22.7 Å². The van der Waals surface area contributed by atoms with Gasteiger partial charge in [-0.2, -0.15) is 0 Å². The van der Waals surface area contributed by atoms with Gasteiger partial charge in [-0.25, -0.2) is 4.39 Å². The molecule has 5 nitrogen and oxygen atoms in total. The first-order chi connectivity index (χ1) is 15.2. The van der Waals surface area contributed by atoms with Crippen molar-refractivity contribution in [3.8, 4) is 0 Å². The quantitative estimate of drug-likeness (QED) is 0.524. The normalized spacial score (nSPS) is 51.7. The zero-order chi connectivity index (χ0) is 22.9. The third-order valence-electron chi connectivity index (χ3n) is 9.49. The number of allylic oxidation sites excluding steroid dienone is 6. The van der Waals surface area contributed by atoms with Crippen LogP contribution in [0.4, 0.5) is 4.39 Å². The van der Waals surface area contributed by atoms with Crippen LogP contribution in [-0.4, -0.2) is 46.9 Å². The van der Waals surface area contributed by atoms with E-state index in [1.807, 2.05) is 26.0 Å². The highest BCUT2D eigenvalue weighted by atomic mass is 19.1. The average molecular weight is 445 g/mol. The maximum Gasteiger partial charge on any atom is 0.178 e. The Hall–Kier alpha value is -1.63. The number of ether oxygens (including phenoxy) is 2. The monoisotopic (exact) mass is 444 g/mol. The van der Waals surface area contributed by atoms with Crippen molar-refractivity contribution in [2.24, 2.45) is 22.7 Å². The summed E-state index contributed by atoms with van der Waals surface area (Å²) in [7, 11) is 0. The fourth-order valence-corrected chi connectivity index (χ4v) is 7.78. The molecule has 0 bridgehead atoms. The fourth-order valence-electron chi connectivity index (χ4n) is 7.78. The van der Waals surface area contributed by atoms with Gasteiger partial charge in [0, 0.05) is 23.2 Å². The first-order valence-electron chi connectivity index (χ1n) is 11.9. The van der Waals surface area contributed by atoms with Gasteiger partial charge in [0.05, 0.1) is 12.2 Å². The topological polar surface area (TPSA) is 72.8 Å². The number of hydrogen-bond donors (Lipinski definition) is 1. The molecule has 4 fully saturated rings. The van der Waals surface area contributed by atoms with E-state index in [1.54, 1.807) is 13.0 Å². The lowest BCUT2D eigenvalue weighted by Crippen LogP contribution is -2.68. The van der Waals surface area contributed by atoms with Crippen LogP contribution in [0.15, 0.2) is 36.0 Å². The van der Waals surface area contributed by atoms with Crippen LogP contribution in [0.25, 0.3) is 0 Å². The third kappa shape index (κ3) is 2.55. The summed E-state index contributed by atoms with van der Waals surface area (Å²) < 4.78 is 29.7. The summed E-state index contributed by atoms with van der Waals surface area (Å²) >= 11 is 0. The highest BCUT2D eigenvalue weighted by Gasteiger charge is 2.77. The molecule has 4 aliphatic carbocycles. The van der Waals surface area contributed by atoms with Gasteiger partial charge in [0.25, 0.3) is 0 Å². The van der Waals surface area contributed by atoms with Gasteiger partial charge >= 0.3 is 0 Å². The molecule has 0 aromatic heterocycles. The van der Waals surface area contributed by atoms with Gasteiger partial charge in [0.2, 0.25) is 0 Å². The summed E-state index contributed by atoms with van der Waals surface area (Å²) in [5.74, 6) is -0.741. The van der Waals surface area contributed by atoms with Crippen molar-refractivity contribution in [2.75, 3.05) is 0 Å². The molecule has 5 aliphatic rings. The number of aliphatic hydroxyl groups is 1. The van der Waals surface area contributed by atoms with Crippen molar-refractivity contribution in [3.05, 3.63) is 36.0 Å². The van der Waals surface area contributed by atoms with Crippen molar-refractivity contribution < 1.29 is 28.6 Å². The van der Waals surface area contributed by atoms with Crippen LogP contribution >= 0.6 is 0 Å². The molecule has 3 unspecified atom stereocenters. The number of ketones is 1. The lowest BCUT2D eigenvalue weighted by atomic mass is 9.45. The predicted octanol–water partition coefficient (Wildman–Crippen LogP) is 4.00. The van der Waals surface area contributed by atoms with Gasteiger partial charge in [0.1, 0.15) is 0 Å². The van der Waals surface area contributed by atoms with Gasteiger partial charge < -0.3 is 14.6 Å². The van der Waals surface area contributed by atoms with Crippen molar-refractivity contribution in [3.63, 3.8) is 0 Å². The maximum atomic E-state index is 17.1. The second kappa shape index (κ2) is 7.18. The Balaban J connectivity index is 1.51. The van der Waals surface area contributed by atoms with Crippen molar-refractivity contribution in [2.45, 2.75) is 89.1 Å². The number of fused-ring (bicyclic) bond motifs is 7. The molecule has 0 radical (unpaired) electrons. The van der Waals surface area contributed by atoms with E-state index in [0.29, 0.717) is 25.7 Å². The summed E-state index contributed by atoms with van der Waals surface area (Å²) in [5.41, 5.74) is -4.08. The molecular weight excluding hydrogens is 411 g/mol. The second-order valence-electron chi connectivity index (χ2n) is 10.7. The molecule has 174 valence electrons. The number of halogens is 1. The van der Waals surface area contributed by atoms with Crippen LogP contribution in [0.3, 0.4) is 0 Å². The lowest BCUT2D eigenvalue weighted by Gasteiger charge is -2.62. The molecule has 0 spiro atoms. The molecule has 1 aliphatic heterocycles. The Morgan fingerprint density at radius 1 is 1.31 bits per heavy atom. The SMILES string of the molecule is C/C=C/CCC1O[C@@H]2CC3C4CCC5=CC(=O)C=C[C@]5(C)[C@@]4(F)[C@@H](O)C[C@]3(C)[C@]2(C=O)O1. The highest BCUT2D eigenvalue weighted by Crippen LogP contribution is 2.71. The van der Waals surface area contributed by atoms with Gasteiger partial charge in [-0.3, -0.25) is 9.59 Å². The first kappa shape index (κ1) is 22.2. The number of aldehydes is 1. The molecule has 9 atom stereocenters. The third-order valence-corrected chi connectivity index (χ3v) is 9.49. The molecule has 0 aromatic rings. The fraction of sp³-hybridized carbons (Fsp3) is 0.692. The molecule has 6 heteroatoms. The minimum Gasteiger partial charge on any atom is -0.390 e. The smallest absolute Gasteiger partial charge is 0.178 e. The van der Waals surface area contributed by atoms with E-state index in [9.17, 15) is 14.7 Å². The van der Waals surface area contributed by atoms with Crippen LogP contribution in [-0.2, 0) is 19.1 Å². The molecule has 3 saturated carbocycles. The number of carbonyl (C=O) groups is 2. The Morgan fingerprint density at radius 2 is 2.09 bits per heavy atom. The number of rotatable bonds is 4. The molecule has 0 aromatic carbocycles. The lowest BCUT2D eigenvalue weighted by molar-refractivity contribution is -0.227. The maximum absolute atomic E-state index is 17.1. The van der Waals surface area contributed by atoms with Gasteiger partial charge in [-0.15, -0.1) is 0 Å². The molecule has 32 heavy (non-hydrogen) atoms. The molecule has 1 heterocycles. The second-order valence-corrected chi connectivity index (χ2v) is 10.7. The van der Waals surface area contributed by atoms with E-state index in [0.717, 1.165) is 18.3 Å². The van der Waals surface area contributed by atoms with E-state index < -0.39 is 46.5 Å². The Kier molecular flexibility index (Phi) is 4.98. The molecule has 1 saturated heterocycles. The minimum absolute atomic E-state index is 0.121. The van der Waals surface area contributed by atoms with Crippen LogP contribution < -0.4 is 0 Å².